The van der Waals surface area contributed by atoms with Crippen LogP contribution in [0.2, 0.25) is 0 Å². The summed E-state index contributed by atoms with van der Waals surface area (Å²) in [6.07, 6.45) is 0. The SMILES string of the molecule is Cc1ccc(OCC(=O)NC(=S)N(C)Cc2ccccc2)cc1. The van der Waals surface area contributed by atoms with Gasteiger partial charge >= 0.3 is 0 Å². The lowest BCUT2D eigenvalue weighted by Gasteiger charge is -2.20. The zero-order valence-electron chi connectivity index (χ0n) is 13.3. The molecule has 0 aliphatic heterocycles. The summed E-state index contributed by atoms with van der Waals surface area (Å²) >= 11 is 5.24. The molecule has 2 aromatic rings. The molecule has 23 heavy (non-hydrogen) atoms. The Bertz CT molecular complexity index is 656. The van der Waals surface area contributed by atoms with Crippen LogP contribution in [0.5, 0.6) is 5.75 Å². The normalized spacial score (nSPS) is 10.0. The predicted octanol–water partition coefficient (Wildman–Crippen LogP) is 2.91. The van der Waals surface area contributed by atoms with Crippen molar-refractivity contribution in [3.63, 3.8) is 0 Å². The number of carbonyl (C=O) groups is 1. The van der Waals surface area contributed by atoms with Gasteiger partial charge in [-0.1, -0.05) is 48.0 Å². The van der Waals surface area contributed by atoms with Gasteiger partial charge in [-0.2, -0.15) is 0 Å². The molecule has 0 aliphatic carbocycles. The van der Waals surface area contributed by atoms with E-state index >= 15 is 0 Å². The van der Waals surface area contributed by atoms with Crippen LogP contribution in [-0.4, -0.2) is 29.6 Å². The van der Waals surface area contributed by atoms with Gasteiger partial charge in [0.2, 0.25) is 0 Å². The van der Waals surface area contributed by atoms with E-state index in [1.807, 2.05) is 73.5 Å². The first-order valence-electron chi connectivity index (χ1n) is 7.33. The second-order valence-electron chi connectivity index (χ2n) is 5.30. The van der Waals surface area contributed by atoms with E-state index in [2.05, 4.69) is 5.32 Å². The zero-order valence-corrected chi connectivity index (χ0v) is 14.1. The first-order chi connectivity index (χ1) is 11.0. The maximum absolute atomic E-state index is 11.9. The molecular formula is C18H20N2O2S. The van der Waals surface area contributed by atoms with E-state index in [0.29, 0.717) is 17.4 Å². The third kappa shape index (κ3) is 5.71. The van der Waals surface area contributed by atoms with Gasteiger partial charge in [-0.05, 0) is 36.8 Å². The van der Waals surface area contributed by atoms with Gasteiger partial charge in [-0.3, -0.25) is 4.79 Å². The Morgan fingerprint density at radius 2 is 1.78 bits per heavy atom. The van der Waals surface area contributed by atoms with E-state index in [-0.39, 0.29) is 12.5 Å². The minimum Gasteiger partial charge on any atom is -0.484 e. The number of hydrogen-bond donors (Lipinski definition) is 1. The molecule has 2 aromatic carbocycles. The summed E-state index contributed by atoms with van der Waals surface area (Å²) in [4.78, 5) is 13.7. The number of ether oxygens (including phenoxy) is 1. The predicted molar refractivity (Wildman–Crippen MR) is 95.3 cm³/mol. The smallest absolute Gasteiger partial charge is 0.264 e. The number of amides is 1. The third-order valence-corrected chi connectivity index (χ3v) is 3.66. The Balaban J connectivity index is 1.77. The molecule has 0 saturated carbocycles. The highest BCUT2D eigenvalue weighted by molar-refractivity contribution is 7.80. The van der Waals surface area contributed by atoms with Gasteiger partial charge in [0.25, 0.3) is 5.91 Å². The number of nitrogens with one attached hydrogen (secondary N) is 1. The van der Waals surface area contributed by atoms with E-state index in [4.69, 9.17) is 17.0 Å². The van der Waals surface area contributed by atoms with Crippen molar-refractivity contribution in [2.45, 2.75) is 13.5 Å². The van der Waals surface area contributed by atoms with Crippen molar-refractivity contribution in [3.05, 3.63) is 65.7 Å². The molecule has 1 N–H and O–H groups in total. The minimum atomic E-state index is -0.268. The second kappa shape index (κ2) is 8.29. The third-order valence-electron chi connectivity index (χ3n) is 3.25. The fourth-order valence-electron chi connectivity index (χ4n) is 1.96. The Hall–Kier alpha value is -2.40. The van der Waals surface area contributed by atoms with Crippen LogP contribution in [0.1, 0.15) is 11.1 Å². The molecule has 0 radical (unpaired) electrons. The monoisotopic (exact) mass is 328 g/mol. The Morgan fingerprint density at radius 1 is 1.13 bits per heavy atom. The molecule has 2 rings (SSSR count). The van der Waals surface area contributed by atoms with Crippen molar-refractivity contribution >= 4 is 23.2 Å². The van der Waals surface area contributed by atoms with Crippen LogP contribution >= 0.6 is 12.2 Å². The maximum Gasteiger partial charge on any atom is 0.264 e. The Kier molecular flexibility index (Phi) is 6.11. The number of thiocarbonyl (C=S) groups is 1. The van der Waals surface area contributed by atoms with Crippen LogP contribution in [0.25, 0.3) is 0 Å². The largest absolute Gasteiger partial charge is 0.484 e. The van der Waals surface area contributed by atoms with Crippen molar-refractivity contribution in [2.75, 3.05) is 13.7 Å². The van der Waals surface area contributed by atoms with E-state index in [0.717, 1.165) is 11.1 Å². The standard InChI is InChI=1S/C18H20N2O2S/c1-14-8-10-16(11-9-14)22-13-17(21)19-18(23)20(2)12-15-6-4-3-5-7-15/h3-11H,12-13H2,1-2H3,(H,19,21,23). The van der Waals surface area contributed by atoms with Crippen LogP contribution < -0.4 is 10.1 Å². The van der Waals surface area contributed by atoms with E-state index in [1.54, 1.807) is 0 Å². The van der Waals surface area contributed by atoms with Gasteiger partial charge in [0.15, 0.2) is 11.7 Å². The number of benzene rings is 2. The van der Waals surface area contributed by atoms with Crippen LogP contribution in [-0.2, 0) is 11.3 Å². The second-order valence-corrected chi connectivity index (χ2v) is 5.68. The fourth-order valence-corrected chi connectivity index (χ4v) is 2.14. The summed E-state index contributed by atoms with van der Waals surface area (Å²) in [5.41, 5.74) is 2.27. The van der Waals surface area contributed by atoms with E-state index < -0.39 is 0 Å². The lowest BCUT2D eigenvalue weighted by molar-refractivity contribution is -0.121. The lowest BCUT2D eigenvalue weighted by atomic mass is 10.2. The van der Waals surface area contributed by atoms with Gasteiger partial charge in [-0.25, -0.2) is 0 Å². The van der Waals surface area contributed by atoms with Crippen molar-refractivity contribution in [2.24, 2.45) is 0 Å². The molecule has 1 amide bonds. The van der Waals surface area contributed by atoms with Crippen LogP contribution in [0.15, 0.2) is 54.6 Å². The summed E-state index contributed by atoms with van der Waals surface area (Å²) in [6, 6.07) is 17.5. The molecule has 0 aliphatic rings. The van der Waals surface area contributed by atoms with Gasteiger partial charge in [0, 0.05) is 13.6 Å². The molecule has 120 valence electrons. The lowest BCUT2D eigenvalue weighted by Crippen LogP contribution is -2.42. The number of hydrogen-bond acceptors (Lipinski definition) is 3. The maximum atomic E-state index is 11.9. The van der Waals surface area contributed by atoms with Gasteiger partial charge in [-0.15, -0.1) is 0 Å². The molecular weight excluding hydrogens is 308 g/mol. The van der Waals surface area contributed by atoms with Gasteiger partial charge in [0.05, 0.1) is 0 Å². The summed E-state index contributed by atoms with van der Waals surface area (Å²) in [7, 11) is 1.84. The number of carbonyl (C=O) groups excluding carboxylic acids is 1. The molecule has 0 spiro atoms. The molecule has 0 saturated heterocycles. The van der Waals surface area contributed by atoms with Gasteiger partial charge in [0.1, 0.15) is 5.75 Å². The van der Waals surface area contributed by atoms with Crippen LogP contribution in [0.3, 0.4) is 0 Å². The summed E-state index contributed by atoms with van der Waals surface area (Å²) < 4.78 is 5.43. The molecule has 0 unspecified atom stereocenters. The van der Waals surface area contributed by atoms with Crippen molar-refractivity contribution in [3.8, 4) is 5.75 Å². The summed E-state index contributed by atoms with van der Waals surface area (Å²) in [5, 5.41) is 3.06. The van der Waals surface area contributed by atoms with E-state index in [9.17, 15) is 4.79 Å². The highest BCUT2D eigenvalue weighted by atomic mass is 32.1. The quantitative estimate of drug-likeness (QED) is 0.857. The van der Waals surface area contributed by atoms with Gasteiger partial charge < -0.3 is 15.0 Å². The molecule has 0 atom stereocenters. The average molecular weight is 328 g/mol. The van der Waals surface area contributed by atoms with Crippen LogP contribution in [0, 0.1) is 6.92 Å². The molecule has 0 heterocycles. The topological polar surface area (TPSA) is 41.6 Å². The highest BCUT2D eigenvalue weighted by Crippen LogP contribution is 2.11. The van der Waals surface area contributed by atoms with Crippen molar-refractivity contribution < 1.29 is 9.53 Å². The fraction of sp³-hybridized carbons (Fsp3) is 0.222. The summed E-state index contributed by atoms with van der Waals surface area (Å²) in [6.45, 7) is 2.57. The minimum absolute atomic E-state index is 0.0671. The number of rotatable bonds is 5. The molecule has 0 bridgehead atoms. The van der Waals surface area contributed by atoms with Crippen molar-refractivity contribution in [1.29, 1.82) is 0 Å². The summed E-state index contributed by atoms with van der Waals surface area (Å²) in [5.74, 6) is 0.393. The molecule has 0 fully saturated rings. The molecule has 5 heteroatoms. The Morgan fingerprint density at radius 3 is 2.43 bits per heavy atom. The number of nitrogens with zero attached hydrogens (tertiary/aromatic N) is 1. The zero-order chi connectivity index (χ0) is 16.7. The highest BCUT2D eigenvalue weighted by Gasteiger charge is 2.10. The Labute approximate surface area is 142 Å². The molecule has 4 nitrogen and oxygen atoms in total. The first-order valence-corrected chi connectivity index (χ1v) is 7.74. The average Bonchev–Trinajstić information content (AvgIpc) is 2.55. The first kappa shape index (κ1) is 17.0. The van der Waals surface area contributed by atoms with Crippen molar-refractivity contribution in [1.82, 2.24) is 10.2 Å². The number of aryl methyl sites for hydroxylation is 1. The van der Waals surface area contributed by atoms with Crippen LogP contribution in [0.4, 0.5) is 0 Å². The van der Waals surface area contributed by atoms with E-state index in [1.165, 1.54) is 0 Å². The molecule has 0 aromatic heterocycles.